The van der Waals surface area contributed by atoms with E-state index in [-0.39, 0.29) is 13.0 Å². The number of para-hydroxylation sites is 2. The van der Waals surface area contributed by atoms with E-state index in [0.717, 1.165) is 0 Å². The molecule has 2 N–H and O–H groups in total. The highest BCUT2D eigenvalue weighted by molar-refractivity contribution is 5.41. The molecule has 4 heteroatoms. The highest BCUT2D eigenvalue weighted by atomic mass is 16.6. The van der Waals surface area contributed by atoms with Crippen molar-refractivity contribution in [3.05, 3.63) is 24.3 Å². The van der Waals surface area contributed by atoms with Crippen LogP contribution in [-0.4, -0.2) is 12.3 Å². The minimum Gasteiger partial charge on any atom is -0.484 e. The van der Waals surface area contributed by atoms with E-state index in [9.17, 15) is 0 Å². The SMILES string of the molecule is N#CCC1(N)COc2ccccc2O1. The Morgan fingerprint density at radius 3 is 2.86 bits per heavy atom. The van der Waals surface area contributed by atoms with Crippen LogP contribution in [0.25, 0.3) is 0 Å². The van der Waals surface area contributed by atoms with Gasteiger partial charge in [0.2, 0.25) is 5.72 Å². The largest absolute Gasteiger partial charge is 0.484 e. The van der Waals surface area contributed by atoms with Crippen molar-refractivity contribution in [2.24, 2.45) is 5.73 Å². The fraction of sp³-hybridized carbons (Fsp3) is 0.300. The first kappa shape index (κ1) is 8.85. The van der Waals surface area contributed by atoms with Gasteiger partial charge in [-0.15, -0.1) is 0 Å². The Bertz CT molecular complexity index is 386. The van der Waals surface area contributed by atoms with Crippen molar-refractivity contribution < 1.29 is 9.47 Å². The average molecular weight is 190 g/mol. The average Bonchev–Trinajstić information content (AvgIpc) is 2.17. The van der Waals surface area contributed by atoms with Gasteiger partial charge >= 0.3 is 0 Å². The Morgan fingerprint density at radius 2 is 2.14 bits per heavy atom. The first-order chi connectivity index (χ1) is 6.73. The van der Waals surface area contributed by atoms with Crippen molar-refractivity contribution >= 4 is 0 Å². The molecule has 4 nitrogen and oxygen atoms in total. The Labute approximate surface area is 81.8 Å². The summed E-state index contributed by atoms with van der Waals surface area (Å²) in [5.41, 5.74) is 4.80. The van der Waals surface area contributed by atoms with Crippen LogP contribution in [0.1, 0.15) is 6.42 Å². The fourth-order valence-corrected chi connectivity index (χ4v) is 1.32. The van der Waals surface area contributed by atoms with Gasteiger partial charge in [0.15, 0.2) is 11.5 Å². The third kappa shape index (κ3) is 1.50. The Kier molecular flexibility index (Phi) is 2.02. The van der Waals surface area contributed by atoms with Crippen molar-refractivity contribution in [1.82, 2.24) is 0 Å². The smallest absolute Gasteiger partial charge is 0.205 e. The Hall–Kier alpha value is -1.73. The van der Waals surface area contributed by atoms with Crippen molar-refractivity contribution in [3.63, 3.8) is 0 Å². The van der Waals surface area contributed by atoms with Gasteiger partial charge in [0.05, 0.1) is 12.5 Å². The number of hydrogen-bond acceptors (Lipinski definition) is 4. The summed E-state index contributed by atoms with van der Waals surface area (Å²) in [6, 6.07) is 9.25. The lowest BCUT2D eigenvalue weighted by Crippen LogP contribution is -2.52. The van der Waals surface area contributed by atoms with Gasteiger partial charge in [0.1, 0.15) is 6.61 Å². The van der Waals surface area contributed by atoms with Gasteiger partial charge in [-0.3, -0.25) is 5.73 Å². The molecule has 0 bridgehead atoms. The van der Waals surface area contributed by atoms with Crippen molar-refractivity contribution in [1.29, 1.82) is 5.26 Å². The minimum atomic E-state index is -1.01. The maximum absolute atomic E-state index is 8.57. The fourth-order valence-electron chi connectivity index (χ4n) is 1.32. The zero-order valence-corrected chi connectivity index (χ0v) is 7.56. The van der Waals surface area contributed by atoms with E-state index >= 15 is 0 Å². The molecule has 1 atom stereocenters. The number of benzene rings is 1. The predicted octanol–water partition coefficient (Wildman–Crippen LogP) is 1.03. The van der Waals surface area contributed by atoms with Gasteiger partial charge in [-0.2, -0.15) is 5.26 Å². The summed E-state index contributed by atoms with van der Waals surface area (Å²) < 4.78 is 10.9. The summed E-state index contributed by atoms with van der Waals surface area (Å²) in [4.78, 5) is 0. The van der Waals surface area contributed by atoms with E-state index in [2.05, 4.69) is 0 Å². The summed E-state index contributed by atoms with van der Waals surface area (Å²) in [6.07, 6.45) is 0.112. The van der Waals surface area contributed by atoms with Crippen LogP contribution in [0.3, 0.4) is 0 Å². The molecule has 0 aromatic heterocycles. The normalized spacial score (nSPS) is 24.0. The van der Waals surface area contributed by atoms with Crippen molar-refractivity contribution in [2.75, 3.05) is 6.61 Å². The standard InChI is InChI=1S/C10H10N2O2/c11-6-5-10(12)7-13-8-3-1-2-4-9(8)14-10/h1-4H,5,7,12H2. The second kappa shape index (κ2) is 3.20. The molecule has 0 saturated carbocycles. The lowest BCUT2D eigenvalue weighted by molar-refractivity contribution is -0.0000988. The molecular weight excluding hydrogens is 180 g/mol. The Balaban J connectivity index is 2.25. The minimum absolute atomic E-state index is 0.112. The summed E-state index contributed by atoms with van der Waals surface area (Å²) in [7, 11) is 0. The highest BCUT2D eigenvalue weighted by Gasteiger charge is 2.33. The van der Waals surface area contributed by atoms with Gasteiger partial charge in [-0.25, -0.2) is 0 Å². The van der Waals surface area contributed by atoms with Crippen LogP contribution < -0.4 is 15.2 Å². The molecule has 1 heterocycles. The molecule has 0 aliphatic carbocycles. The topological polar surface area (TPSA) is 68.3 Å². The van der Waals surface area contributed by atoms with E-state index < -0.39 is 5.72 Å². The molecule has 0 radical (unpaired) electrons. The number of fused-ring (bicyclic) bond motifs is 1. The molecule has 1 unspecified atom stereocenters. The van der Waals surface area contributed by atoms with Gasteiger partial charge in [0, 0.05) is 0 Å². The van der Waals surface area contributed by atoms with Crippen LogP contribution in [0, 0.1) is 11.3 Å². The molecule has 2 rings (SSSR count). The van der Waals surface area contributed by atoms with E-state index in [4.69, 9.17) is 20.5 Å². The van der Waals surface area contributed by atoms with Crippen LogP contribution in [0.15, 0.2) is 24.3 Å². The second-order valence-electron chi connectivity index (χ2n) is 3.24. The van der Waals surface area contributed by atoms with E-state index in [1.54, 1.807) is 12.1 Å². The molecule has 0 spiro atoms. The number of nitrogens with zero attached hydrogens (tertiary/aromatic N) is 1. The van der Waals surface area contributed by atoms with Gasteiger partial charge < -0.3 is 9.47 Å². The zero-order chi connectivity index (χ0) is 10.0. The molecule has 0 amide bonds. The van der Waals surface area contributed by atoms with E-state index in [0.29, 0.717) is 11.5 Å². The summed E-state index contributed by atoms with van der Waals surface area (Å²) in [5.74, 6) is 1.27. The van der Waals surface area contributed by atoms with Crippen molar-refractivity contribution in [2.45, 2.75) is 12.1 Å². The second-order valence-corrected chi connectivity index (χ2v) is 3.24. The van der Waals surface area contributed by atoms with E-state index in [1.807, 2.05) is 18.2 Å². The molecule has 1 aliphatic heterocycles. The number of nitriles is 1. The van der Waals surface area contributed by atoms with Crippen LogP contribution in [0.5, 0.6) is 11.5 Å². The van der Waals surface area contributed by atoms with E-state index in [1.165, 1.54) is 0 Å². The van der Waals surface area contributed by atoms with Crippen molar-refractivity contribution in [3.8, 4) is 17.6 Å². The lowest BCUT2D eigenvalue weighted by Gasteiger charge is -2.33. The third-order valence-electron chi connectivity index (χ3n) is 2.01. The molecule has 1 aromatic carbocycles. The van der Waals surface area contributed by atoms with Gasteiger partial charge in [0.25, 0.3) is 0 Å². The maximum Gasteiger partial charge on any atom is 0.205 e. The molecular formula is C10H10N2O2. The quantitative estimate of drug-likeness (QED) is 0.718. The van der Waals surface area contributed by atoms with Crippen LogP contribution >= 0.6 is 0 Å². The molecule has 1 aromatic rings. The zero-order valence-electron chi connectivity index (χ0n) is 7.56. The first-order valence-electron chi connectivity index (χ1n) is 4.30. The summed E-state index contributed by atoms with van der Waals surface area (Å²) in [5, 5.41) is 8.57. The summed E-state index contributed by atoms with van der Waals surface area (Å²) >= 11 is 0. The predicted molar refractivity (Wildman–Crippen MR) is 49.7 cm³/mol. The molecule has 1 aliphatic rings. The Morgan fingerprint density at radius 1 is 1.43 bits per heavy atom. The highest BCUT2D eigenvalue weighted by Crippen LogP contribution is 2.33. The first-order valence-corrected chi connectivity index (χ1v) is 4.30. The number of rotatable bonds is 1. The molecule has 72 valence electrons. The molecule has 14 heavy (non-hydrogen) atoms. The molecule has 0 saturated heterocycles. The summed E-state index contributed by atoms with van der Waals surface area (Å²) in [6.45, 7) is 0.206. The lowest BCUT2D eigenvalue weighted by atomic mass is 10.1. The van der Waals surface area contributed by atoms with Gasteiger partial charge in [-0.1, -0.05) is 12.1 Å². The van der Waals surface area contributed by atoms with Crippen LogP contribution in [-0.2, 0) is 0 Å². The third-order valence-corrected chi connectivity index (χ3v) is 2.01. The van der Waals surface area contributed by atoms with Gasteiger partial charge in [-0.05, 0) is 12.1 Å². The maximum atomic E-state index is 8.57. The van der Waals surface area contributed by atoms with Crippen LogP contribution in [0.4, 0.5) is 0 Å². The van der Waals surface area contributed by atoms with Crippen LogP contribution in [0.2, 0.25) is 0 Å². The monoisotopic (exact) mass is 190 g/mol. The number of nitrogens with two attached hydrogens (primary N) is 1. The number of hydrogen-bond donors (Lipinski definition) is 1. The molecule has 0 fully saturated rings. The number of ether oxygens (including phenoxy) is 2.